The highest BCUT2D eigenvalue weighted by Gasteiger charge is 2.06. The average Bonchev–Trinajstić information content (AvgIpc) is 2.71. The summed E-state index contributed by atoms with van der Waals surface area (Å²) in [7, 11) is 0. The molecule has 0 spiro atoms. The van der Waals surface area contributed by atoms with E-state index in [4.69, 9.17) is 10.2 Å². The third-order valence-electron chi connectivity index (χ3n) is 1.58. The molecule has 0 aromatic carbocycles. The first-order chi connectivity index (χ1) is 6.29. The van der Waals surface area contributed by atoms with E-state index in [0.717, 1.165) is 11.3 Å². The summed E-state index contributed by atoms with van der Waals surface area (Å²) in [6.45, 7) is 0.348. The molecule has 2 rings (SSSR count). The monoisotopic (exact) mass is 306 g/mol. The SMILES string of the molecule is NCc1ncc(-c2csc(I)c2)o1. The lowest BCUT2D eigenvalue weighted by molar-refractivity contribution is 0.510. The van der Waals surface area contributed by atoms with E-state index in [1.165, 1.54) is 2.88 Å². The zero-order valence-corrected chi connectivity index (χ0v) is 9.63. The second kappa shape index (κ2) is 3.77. The molecule has 0 atom stereocenters. The molecule has 0 bridgehead atoms. The Morgan fingerprint density at radius 1 is 1.62 bits per heavy atom. The van der Waals surface area contributed by atoms with Crippen LogP contribution >= 0.6 is 33.9 Å². The predicted molar refractivity (Wildman–Crippen MR) is 60.4 cm³/mol. The van der Waals surface area contributed by atoms with Crippen molar-refractivity contribution >= 4 is 33.9 Å². The number of nitrogens with two attached hydrogens (primary N) is 1. The Balaban J connectivity index is 2.35. The highest BCUT2D eigenvalue weighted by Crippen LogP contribution is 2.26. The van der Waals surface area contributed by atoms with E-state index in [9.17, 15) is 0 Å². The first-order valence-electron chi connectivity index (χ1n) is 3.69. The molecule has 0 fully saturated rings. The maximum absolute atomic E-state index is 5.40. The van der Waals surface area contributed by atoms with Gasteiger partial charge in [0.2, 0.25) is 5.89 Å². The lowest BCUT2D eigenvalue weighted by Crippen LogP contribution is -1.94. The first-order valence-corrected chi connectivity index (χ1v) is 5.64. The highest BCUT2D eigenvalue weighted by molar-refractivity contribution is 14.1. The number of oxazole rings is 1. The fourth-order valence-electron chi connectivity index (χ4n) is 0.977. The number of halogens is 1. The molecule has 0 unspecified atom stereocenters. The van der Waals surface area contributed by atoms with Crippen LogP contribution in [0.15, 0.2) is 22.1 Å². The summed E-state index contributed by atoms with van der Waals surface area (Å²) in [5.74, 6) is 1.37. The van der Waals surface area contributed by atoms with Gasteiger partial charge in [0.15, 0.2) is 5.76 Å². The zero-order chi connectivity index (χ0) is 9.26. The van der Waals surface area contributed by atoms with Crippen LogP contribution in [0.5, 0.6) is 0 Å². The molecule has 0 radical (unpaired) electrons. The number of aromatic nitrogens is 1. The second-order valence-electron chi connectivity index (χ2n) is 2.46. The predicted octanol–water partition coefficient (Wildman–Crippen LogP) is 2.47. The summed E-state index contributed by atoms with van der Waals surface area (Å²) in [4.78, 5) is 4.03. The minimum absolute atomic E-state index is 0.348. The number of nitrogens with zero attached hydrogens (tertiary/aromatic N) is 1. The Kier molecular flexibility index (Phi) is 2.66. The molecule has 2 heterocycles. The molecule has 0 saturated heterocycles. The quantitative estimate of drug-likeness (QED) is 0.867. The molecule has 0 saturated carbocycles. The molecule has 0 aliphatic heterocycles. The normalized spacial score (nSPS) is 10.6. The summed E-state index contributed by atoms with van der Waals surface area (Å²) < 4.78 is 6.63. The van der Waals surface area contributed by atoms with Crippen molar-refractivity contribution < 1.29 is 4.42 Å². The Morgan fingerprint density at radius 2 is 2.46 bits per heavy atom. The van der Waals surface area contributed by atoms with Crippen molar-refractivity contribution in [3.05, 3.63) is 26.4 Å². The van der Waals surface area contributed by atoms with Crippen molar-refractivity contribution in [2.75, 3.05) is 0 Å². The summed E-state index contributed by atoms with van der Waals surface area (Å²) in [6, 6.07) is 2.06. The van der Waals surface area contributed by atoms with E-state index in [1.54, 1.807) is 17.5 Å². The molecule has 3 nitrogen and oxygen atoms in total. The minimum Gasteiger partial charge on any atom is -0.439 e. The van der Waals surface area contributed by atoms with Crippen LogP contribution in [0.4, 0.5) is 0 Å². The van der Waals surface area contributed by atoms with Gasteiger partial charge in [-0.2, -0.15) is 0 Å². The first kappa shape index (κ1) is 9.17. The van der Waals surface area contributed by atoms with Gasteiger partial charge in [0.05, 0.1) is 15.6 Å². The van der Waals surface area contributed by atoms with Gasteiger partial charge in [0.1, 0.15) is 0 Å². The van der Waals surface area contributed by atoms with Gasteiger partial charge in [-0.3, -0.25) is 0 Å². The van der Waals surface area contributed by atoms with Crippen LogP contribution in [0.2, 0.25) is 0 Å². The summed E-state index contributed by atoms with van der Waals surface area (Å²) in [5, 5.41) is 2.04. The Labute approximate surface area is 93.1 Å². The van der Waals surface area contributed by atoms with E-state index in [2.05, 4.69) is 33.6 Å². The maximum atomic E-state index is 5.40. The standard InChI is InChI=1S/C8H7IN2OS/c9-7-1-5(4-13-7)6-3-11-8(2-10)12-6/h1,3-4H,2,10H2. The molecule has 13 heavy (non-hydrogen) atoms. The average molecular weight is 306 g/mol. The van der Waals surface area contributed by atoms with Crippen molar-refractivity contribution in [2.45, 2.75) is 6.54 Å². The van der Waals surface area contributed by atoms with Gasteiger partial charge in [-0.1, -0.05) is 0 Å². The number of hydrogen-bond acceptors (Lipinski definition) is 4. The fraction of sp³-hybridized carbons (Fsp3) is 0.125. The van der Waals surface area contributed by atoms with Crippen molar-refractivity contribution in [1.82, 2.24) is 4.98 Å². The number of rotatable bonds is 2. The van der Waals surface area contributed by atoms with Crippen molar-refractivity contribution in [1.29, 1.82) is 0 Å². The largest absolute Gasteiger partial charge is 0.439 e. The zero-order valence-electron chi connectivity index (χ0n) is 6.66. The van der Waals surface area contributed by atoms with Crippen molar-refractivity contribution in [3.8, 4) is 11.3 Å². The molecule has 2 aromatic heterocycles. The molecule has 68 valence electrons. The van der Waals surface area contributed by atoms with Crippen LogP contribution in [0.25, 0.3) is 11.3 Å². The fourth-order valence-corrected chi connectivity index (χ4v) is 2.31. The number of hydrogen-bond donors (Lipinski definition) is 1. The Morgan fingerprint density at radius 3 is 3.00 bits per heavy atom. The smallest absolute Gasteiger partial charge is 0.208 e. The lowest BCUT2D eigenvalue weighted by Gasteiger charge is -1.87. The molecular weight excluding hydrogens is 299 g/mol. The molecular formula is C8H7IN2OS. The van der Waals surface area contributed by atoms with Gasteiger partial charge in [-0.25, -0.2) is 4.98 Å². The Bertz CT molecular complexity index is 410. The van der Waals surface area contributed by atoms with Crippen LogP contribution in [0.3, 0.4) is 0 Å². The van der Waals surface area contributed by atoms with Crippen LogP contribution in [-0.2, 0) is 6.54 Å². The molecule has 0 amide bonds. The maximum Gasteiger partial charge on any atom is 0.208 e. The van der Waals surface area contributed by atoms with Crippen LogP contribution < -0.4 is 5.73 Å². The summed E-state index contributed by atoms with van der Waals surface area (Å²) >= 11 is 3.96. The molecule has 0 aliphatic rings. The molecule has 0 aliphatic carbocycles. The molecule has 5 heteroatoms. The summed E-state index contributed by atoms with van der Waals surface area (Å²) in [6.07, 6.45) is 1.71. The van der Waals surface area contributed by atoms with Gasteiger partial charge < -0.3 is 10.2 Å². The third-order valence-corrected chi connectivity index (χ3v) is 3.37. The minimum atomic E-state index is 0.348. The molecule has 2 N–H and O–H groups in total. The molecule has 2 aromatic rings. The van der Waals surface area contributed by atoms with Gasteiger partial charge in [0.25, 0.3) is 0 Å². The van der Waals surface area contributed by atoms with Gasteiger partial charge in [0, 0.05) is 10.9 Å². The summed E-state index contributed by atoms with van der Waals surface area (Å²) in [5.41, 5.74) is 6.46. The van der Waals surface area contributed by atoms with Crippen molar-refractivity contribution in [3.63, 3.8) is 0 Å². The third kappa shape index (κ3) is 1.92. The van der Waals surface area contributed by atoms with E-state index >= 15 is 0 Å². The Hall–Kier alpha value is -0.400. The topological polar surface area (TPSA) is 52.0 Å². The van der Waals surface area contributed by atoms with Gasteiger partial charge in [-0.15, -0.1) is 11.3 Å². The second-order valence-corrected chi connectivity index (χ2v) is 5.27. The van der Waals surface area contributed by atoms with Gasteiger partial charge in [-0.05, 0) is 28.7 Å². The van der Waals surface area contributed by atoms with Crippen LogP contribution in [0.1, 0.15) is 5.89 Å². The highest BCUT2D eigenvalue weighted by atomic mass is 127. The van der Waals surface area contributed by atoms with E-state index < -0.39 is 0 Å². The van der Waals surface area contributed by atoms with Crippen LogP contribution in [0, 0.1) is 2.88 Å². The van der Waals surface area contributed by atoms with Gasteiger partial charge >= 0.3 is 0 Å². The lowest BCUT2D eigenvalue weighted by atomic mass is 10.3. The van der Waals surface area contributed by atoms with Crippen LogP contribution in [-0.4, -0.2) is 4.98 Å². The number of thiophene rings is 1. The van der Waals surface area contributed by atoms with Crippen molar-refractivity contribution in [2.24, 2.45) is 5.73 Å². The van der Waals surface area contributed by atoms with E-state index in [1.807, 2.05) is 5.38 Å². The van der Waals surface area contributed by atoms with E-state index in [-0.39, 0.29) is 0 Å². The van der Waals surface area contributed by atoms with E-state index in [0.29, 0.717) is 12.4 Å².